The fraction of sp³-hybridized carbons (Fsp3) is 0.643. The standard InChI is InChI=1S/C14H19NO3/c1-10-5-4-8-17-13(10)14-11(9-12(16)18-14)15-6-2-3-7-15/h9,13-14H,1-8H2/t13-,14-/m0/s1. The molecule has 2 fully saturated rings. The minimum absolute atomic E-state index is 0.156. The molecule has 2 saturated heterocycles. The predicted molar refractivity (Wildman–Crippen MR) is 66.9 cm³/mol. The number of rotatable bonds is 2. The molecular formula is C14H19NO3. The van der Waals surface area contributed by atoms with E-state index in [1.54, 1.807) is 6.08 Å². The number of nitrogens with zero attached hydrogens (tertiary/aromatic N) is 1. The molecule has 0 unspecified atom stereocenters. The van der Waals surface area contributed by atoms with Gasteiger partial charge >= 0.3 is 5.97 Å². The van der Waals surface area contributed by atoms with Crippen molar-refractivity contribution in [1.29, 1.82) is 0 Å². The Kier molecular flexibility index (Phi) is 3.12. The Bertz CT molecular complexity index is 396. The van der Waals surface area contributed by atoms with E-state index in [4.69, 9.17) is 9.47 Å². The number of esters is 1. The molecule has 0 spiro atoms. The van der Waals surface area contributed by atoms with E-state index in [-0.39, 0.29) is 18.2 Å². The van der Waals surface area contributed by atoms with Gasteiger partial charge in [0, 0.05) is 25.8 Å². The molecule has 0 amide bonds. The summed E-state index contributed by atoms with van der Waals surface area (Å²) in [5.41, 5.74) is 2.04. The lowest BCUT2D eigenvalue weighted by Crippen LogP contribution is -2.39. The second kappa shape index (κ2) is 4.76. The first-order valence-electron chi connectivity index (χ1n) is 6.72. The molecule has 4 heteroatoms. The second-order valence-electron chi connectivity index (χ2n) is 5.17. The van der Waals surface area contributed by atoms with Crippen molar-refractivity contribution in [1.82, 2.24) is 4.90 Å². The summed E-state index contributed by atoms with van der Waals surface area (Å²) in [6, 6.07) is 0. The summed E-state index contributed by atoms with van der Waals surface area (Å²) < 4.78 is 11.2. The van der Waals surface area contributed by atoms with Crippen LogP contribution in [0.3, 0.4) is 0 Å². The van der Waals surface area contributed by atoms with Gasteiger partial charge in [-0.15, -0.1) is 0 Å². The number of hydrogen-bond donors (Lipinski definition) is 0. The maximum Gasteiger partial charge on any atom is 0.333 e. The molecule has 0 N–H and O–H groups in total. The maximum absolute atomic E-state index is 11.6. The highest BCUT2D eigenvalue weighted by atomic mass is 16.6. The molecule has 0 radical (unpaired) electrons. The third-order valence-electron chi connectivity index (χ3n) is 3.89. The van der Waals surface area contributed by atoms with Gasteiger partial charge in [0.1, 0.15) is 6.10 Å². The Labute approximate surface area is 107 Å². The number of likely N-dealkylation sites (tertiary alicyclic amines) is 1. The average molecular weight is 249 g/mol. The lowest BCUT2D eigenvalue weighted by Gasteiger charge is -2.33. The van der Waals surface area contributed by atoms with Crippen LogP contribution in [0.2, 0.25) is 0 Å². The minimum Gasteiger partial charge on any atom is -0.450 e. The molecule has 2 atom stereocenters. The van der Waals surface area contributed by atoms with Gasteiger partial charge in [0.25, 0.3) is 0 Å². The largest absolute Gasteiger partial charge is 0.450 e. The molecule has 0 aromatic carbocycles. The Morgan fingerprint density at radius 2 is 2.00 bits per heavy atom. The molecule has 3 rings (SSSR count). The van der Waals surface area contributed by atoms with Crippen LogP contribution in [0.4, 0.5) is 0 Å². The molecule has 0 aromatic rings. The van der Waals surface area contributed by atoms with E-state index in [2.05, 4.69) is 11.5 Å². The Hall–Kier alpha value is -1.29. The summed E-state index contributed by atoms with van der Waals surface area (Å²) in [5.74, 6) is -0.246. The van der Waals surface area contributed by atoms with Gasteiger partial charge in [0.2, 0.25) is 0 Å². The quantitative estimate of drug-likeness (QED) is 0.551. The van der Waals surface area contributed by atoms with E-state index in [0.717, 1.165) is 43.8 Å². The van der Waals surface area contributed by atoms with Crippen LogP contribution < -0.4 is 0 Å². The number of hydrogen-bond acceptors (Lipinski definition) is 4. The number of cyclic esters (lactones) is 1. The van der Waals surface area contributed by atoms with Crippen LogP contribution in [0.25, 0.3) is 0 Å². The second-order valence-corrected chi connectivity index (χ2v) is 5.17. The Morgan fingerprint density at radius 3 is 2.72 bits per heavy atom. The van der Waals surface area contributed by atoms with Gasteiger partial charge in [-0.3, -0.25) is 0 Å². The zero-order valence-electron chi connectivity index (χ0n) is 10.6. The summed E-state index contributed by atoms with van der Waals surface area (Å²) in [6.45, 7) is 6.82. The van der Waals surface area contributed by atoms with Crippen molar-refractivity contribution in [2.75, 3.05) is 19.7 Å². The van der Waals surface area contributed by atoms with Crippen molar-refractivity contribution in [3.8, 4) is 0 Å². The molecule has 0 aliphatic carbocycles. The topological polar surface area (TPSA) is 38.8 Å². The molecule has 18 heavy (non-hydrogen) atoms. The summed E-state index contributed by atoms with van der Waals surface area (Å²) in [5, 5.41) is 0. The van der Waals surface area contributed by atoms with Gasteiger partial charge in [-0.25, -0.2) is 4.79 Å². The van der Waals surface area contributed by atoms with Gasteiger partial charge < -0.3 is 14.4 Å². The molecule has 3 aliphatic rings. The van der Waals surface area contributed by atoms with Crippen LogP contribution in [0.15, 0.2) is 23.9 Å². The maximum atomic E-state index is 11.6. The van der Waals surface area contributed by atoms with E-state index < -0.39 is 0 Å². The van der Waals surface area contributed by atoms with Gasteiger partial charge in [0.05, 0.1) is 5.70 Å². The van der Waals surface area contributed by atoms with Crippen molar-refractivity contribution >= 4 is 5.97 Å². The van der Waals surface area contributed by atoms with Crippen LogP contribution in [0, 0.1) is 0 Å². The zero-order valence-corrected chi connectivity index (χ0v) is 10.6. The van der Waals surface area contributed by atoms with Crippen molar-refractivity contribution in [2.45, 2.75) is 37.9 Å². The predicted octanol–water partition coefficient (Wildman–Crippen LogP) is 1.63. The number of carbonyl (C=O) groups is 1. The highest BCUT2D eigenvalue weighted by molar-refractivity contribution is 5.86. The third kappa shape index (κ3) is 2.05. The fourth-order valence-electron chi connectivity index (χ4n) is 2.96. The average Bonchev–Trinajstić information content (AvgIpc) is 2.98. The smallest absolute Gasteiger partial charge is 0.333 e. The summed E-state index contributed by atoms with van der Waals surface area (Å²) in [6.07, 6.45) is 5.54. The van der Waals surface area contributed by atoms with Gasteiger partial charge in [0.15, 0.2) is 6.10 Å². The van der Waals surface area contributed by atoms with Gasteiger partial charge in [-0.05, 0) is 31.3 Å². The van der Waals surface area contributed by atoms with E-state index >= 15 is 0 Å². The molecule has 0 aromatic heterocycles. The highest BCUT2D eigenvalue weighted by Gasteiger charge is 2.39. The van der Waals surface area contributed by atoms with Crippen molar-refractivity contribution in [2.24, 2.45) is 0 Å². The third-order valence-corrected chi connectivity index (χ3v) is 3.89. The SMILES string of the molecule is C=C1CCCO[C@@H]1[C@H]1OC(=O)C=C1N1CCCC1. The zero-order chi connectivity index (χ0) is 12.5. The molecule has 98 valence electrons. The highest BCUT2D eigenvalue weighted by Crippen LogP contribution is 2.32. The van der Waals surface area contributed by atoms with Crippen molar-refractivity contribution < 1.29 is 14.3 Å². The van der Waals surface area contributed by atoms with E-state index in [1.807, 2.05) is 0 Å². The van der Waals surface area contributed by atoms with Crippen LogP contribution >= 0.6 is 0 Å². The monoisotopic (exact) mass is 249 g/mol. The summed E-state index contributed by atoms with van der Waals surface area (Å²) in [7, 11) is 0. The van der Waals surface area contributed by atoms with Crippen molar-refractivity contribution in [3.63, 3.8) is 0 Å². The first-order chi connectivity index (χ1) is 8.75. The van der Waals surface area contributed by atoms with Crippen molar-refractivity contribution in [3.05, 3.63) is 23.9 Å². The van der Waals surface area contributed by atoms with E-state index in [0.29, 0.717) is 0 Å². The molecule has 3 aliphatic heterocycles. The Balaban J connectivity index is 1.79. The normalized spacial score (nSPS) is 32.7. The Morgan fingerprint density at radius 1 is 1.22 bits per heavy atom. The summed E-state index contributed by atoms with van der Waals surface area (Å²) >= 11 is 0. The van der Waals surface area contributed by atoms with Crippen LogP contribution in [-0.2, 0) is 14.3 Å². The molecule has 0 bridgehead atoms. The lowest BCUT2D eigenvalue weighted by molar-refractivity contribution is -0.145. The summed E-state index contributed by atoms with van der Waals surface area (Å²) in [4.78, 5) is 13.8. The molecule has 3 heterocycles. The van der Waals surface area contributed by atoms with Crippen LogP contribution in [0.1, 0.15) is 25.7 Å². The molecule has 4 nitrogen and oxygen atoms in total. The van der Waals surface area contributed by atoms with Crippen LogP contribution in [0.5, 0.6) is 0 Å². The fourth-order valence-corrected chi connectivity index (χ4v) is 2.96. The first-order valence-corrected chi connectivity index (χ1v) is 6.72. The van der Waals surface area contributed by atoms with Crippen LogP contribution in [-0.4, -0.2) is 42.8 Å². The van der Waals surface area contributed by atoms with Gasteiger partial charge in [-0.1, -0.05) is 6.58 Å². The molecule has 0 saturated carbocycles. The molecular weight excluding hydrogens is 230 g/mol. The first kappa shape index (κ1) is 11.8. The number of ether oxygens (including phenoxy) is 2. The van der Waals surface area contributed by atoms with E-state index in [1.165, 1.54) is 12.8 Å². The number of carbonyl (C=O) groups excluding carboxylic acids is 1. The van der Waals surface area contributed by atoms with E-state index in [9.17, 15) is 4.79 Å². The lowest BCUT2D eigenvalue weighted by atomic mass is 9.97. The minimum atomic E-state index is -0.275. The van der Waals surface area contributed by atoms with Gasteiger partial charge in [-0.2, -0.15) is 0 Å².